The van der Waals surface area contributed by atoms with Crippen molar-refractivity contribution >= 4 is 10.0 Å². The van der Waals surface area contributed by atoms with E-state index in [9.17, 15) is 8.42 Å². The molecule has 0 saturated heterocycles. The minimum atomic E-state index is -3.56. The first kappa shape index (κ1) is 17.3. The molecule has 5 heteroatoms. The number of ether oxygens (including phenoxy) is 1. The standard InChI is InChI=1S/C20H21NO3S/c1-15-4-10-20(11-5-15)25(22,23)21-13-16(2)18(14-21)12-17-6-8-19(24-3)9-7-17/h4-11,13-14H,12H2,1-3H3. The minimum absolute atomic E-state index is 0.295. The van der Waals surface area contributed by atoms with Gasteiger partial charge < -0.3 is 4.74 Å². The van der Waals surface area contributed by atoms with Crippen LogP contribution in [0.15, 0.2) is 65.8 Å². The van der Waals surface area contributed by atoms with E-state index in [1.807, 2.05) is 50.2 Å². The summed E-state index contributed by atoms with van der Waals surface area (Å²) in [6, 6.07) is 14.7. The summed E-state index contributed by atoms with van der Waals surface area (Å²) in [4.78, 5) is 0.295. The fourth-order valence-electron chi connectivity index (χ4n) is 2.69. The molecule has 2 aromatic carbocycles. The first-order chi connectivity index (χ1) is 11.9. The van der Waals surface area contributed by atoms with Gasteiger partial charge in [-0.3, -0.25) is 0 Å². The van der Waals surface area contributed by atoms with Crippen LogP contribution < -0.4 is 4.74 Å². The summed E-state index contributed by atoms with van der Waals surface area (Å²) in [5.41, 5.74) is 4.07. The van der Waals surface area contributed by atoms with Gasteiger partial charge in [0.25, 0.3) is 10.0 Å². The SMILES string of the molecule is COc1ccc(Cc2cn(S(=O)(=O)c3ccc(C)cc3)cc2C)cc1. The zero-order valence-corrected chi connectivity index (χ0v) is 15.4. The van der Waals surface area contributed by atoms with Gasteiger partial charge in [-0.15, -0.1) is 0 Å². The number of benzene rings is 2. The van der Waals surface area contributed by atoms with Crippen LogP contribution in [0, 0.1) is 13.8 Å². The normalized spacial score (nSPS) is 11.5. The highest BCUT2D eigenvalue weighted by Gasteiger charge is 2.18. The molecule has 0 fully saturated rings. The van der Waals surface area contributed by atoms with Crippen molar-refractivity contribution in [2.75, 3.05) is 7.11 Å². The summed E-state index contributed by atoms with van der Waals surface area (Å²) in [6.45, 7) is 3.86. The number of aryl methyl sites for hydroxylation is 2. The van der Waals surface area contributed by atoms with Crippen molar-refractivity contribution in [2.24, 2.45) is 0 Å². The Labute approximate surface area is 148 Å². The molecule has 1 aromatic heterocycles. The van der Waals surface area contributed by atoms with Crippen molar-refractivity contribution < 1.29 is 13.2 Å². The van der Waals surface area contributed by atoms with Gasteiger partial charge in [-0.05, 0) is 61.2 Å². The number of rotatable bonds is 5. The van der Waals surface area contributed by atoms with Crippen LogP contribution in [0.4, 0.5) is 0 Å². The average Bonchev–Trinajstić information content (AvgIpc) is 2.97. The molecule has 3 aromatic rings. The Morgan fingerprint density at radius 1 is 0.920 bits per heavy atom. The molecule has 0 unspecified atom stereocenters. The molecule has 0 saturated carbocycles. The lowest BCUT2D eigenvalue weighted by atomic mass is 10.1. The lowest BCUT2D eigenvalue weighted by molar-refractivity contribution is 0.414. The first-order valence-electron chi connectivity index (χ1n) is 8.03. The largest absolute Gasteiger partial charge is 0.497 e. The third-order valence-corrected chi connectivity index (χ3v) is 5.89. The lowest BCUT2D eigenvalue weighted by Crippen LogP contribution is -2.10. The van der Waals surface area contributed by atoms with Crippen molar-refractivity contribution in [1.29, 1.82) is 0 Å². The third kappa shape index (κ3) is 3.61. The van der Waals surface area contributed by atoms with Crippen molar-refractivity contribution in [2.45, 2.75) is 25.2 Å². The number of hydrogen-bond donors (Lipinski definition) is 0. The van der Waals surface area contributed by atoms with Gasteiger partial charge in [-0.25, -0.2) is 12.4 Å². The lowest BCUT2D eigenvalue weighted by Gasteiger charge is -2.06. The van der Waals surface area contributed by atoms with Gasteiger partial charge >= 0.3 is 0 Å². The summed E-state index contributed by atoms with van der Waals surface area (Å²) in [7, 11) is -1.93. The Balaban J connectivity index is 1.89. The number of hydrogen-bond acceptors (Lipinski definition) is 3. The van der Waals surface area contributed by atoms with E-state index in [1.54, 1.807) is 31.6 Å². The molecular weight excluding hydrogens is 334 g/mol. The zero-order valence-electron chi connectivity index (χ0n) is 14.6. The second-order valence-corrected chi connectivity index (χ2v) is 7.98. The van der Waals surface area contributed by atoms with Gasteiger partial charge in [0.15, 0.2) is 0 Å². The summed E-state index contributed by atoms with van der Waals surface area (Å²) in [6.07, 6.45) is 4.05. The zero-order chi connectivity index (χ0) is 18.0. The molecule has 3 rings (SSSR count). The van der Waals surface area contributed by atoms with Crippen LogP contribution in [0.3, 0.4) is 0 Å². The molecule has 0 aliphatic carbocycles. The van der Waals surface area contributed by atoms with E-state index >= 15 is 0 Å². The number of aromatic nitrogens is 1. The fourth-order valence-corrected chi connectivity index (χ4v) is 3.97. The maximum Gasteiger partial charge on any atom is 0.267 e. The Morgan fingerprint density at radius 2 is 1.56 bits per heavy atom. The highest BCUT2D eigenvalue weighted by molar-refractivity contribution is 7.90. The van der Waals surface area contributed by atoms with Crippen LogP contribution >= 0.6 is 0 Å². The summed E-state index contributed by atoms with van der Waals surface area (Å²) in [5, 5.41) is 0. The Hall–Kier alpha value is -2.53. The molecule has 0 N–H and O–H groups in total. The molecule has 4 nitrogen and oxygen atoms in total. The van der Waals surface area contributed by atoms with Crippen molar-refractivity contribution in [3.63, 3.8) is 0 Å². The molecule has 0 bridgehead atoms. The molecule has 0 aliphatic heterocycles. The fraction of sp³-hybridized carbons (Fsp3) is 0.200. The van der Waals surface area contributed by atoms with Gasteiger partial charge in [0.2, 0.25) is 0 Å². The molecular formula is C20H21NO3S. The van der Waals surface area contributed by atoms with E-state index < -0.39 is 10.0 Å². The van der Waals surface area contributed by atoms with Crippen molar-refractivity contribution in [3.05, 3.63) is 83.2 Å². The predicted octanol–water partition coefficient (Wildman–Crippen LogP) is 3.94. The van der Waals surface area contributed by atoms with Crippen LogP contribution in [0.25, 0.3) is 0 Å². The monoisotopic (exact) mass is 355 g/mol. The van der Waals surface area contributed by atoms with E-state index in [0.717, 1.165) is 28.0 Å². The Morgan fingerprint density at radius 3 is 2.16 bits per heavy atom. The van der Waals surface area contributed by atoms with E-state index in [4.69, 9.17) is 4.74 Å². The molecule has 0 radical (unpaired) electrons. The molecule has 0 amide bonds. The number of nitrogens with zero attached hydrogens (tertiary/aromatic N) is 1. The second-order valence-electron chi connectivity index (χ2n) is 6.14. The molecule has 0 atom stereocenters. The number of methoxy groups -OCH3 is 1. The van der Waals surface area contributed by atoms with Crippen LogP contribution in [-0.4, -0.2) is 19.5 Å². The van der Waals surface area contributed by atoms with E-state index in [1.165, 1.54) is 3.97 Å². The topological polar surface area (TPSA) is 48.3 Å². The van der Waals surface area contributed by atoms with Gasteiger partial charge in [-0.2, -0.15) is 0 Å². The van der Waals surface area contributed by atoms with Crippen molar-refractivity contribution in [3.8, 4) is 5.75 Å². The maximum atomic E-state index is 12.8. The van der Waals surface area contributed by atoms with Crippen LogP contribution in [0.1, 0.15) is 22.3 Å². The molecule has 0 aliphatic rings. The van der Waals surface area contributed by atoms with Gasteiger partial charge in [-0.1, -0.05) is 29.8 Å². The van der Waals surface area contributed by atoms with E-state index in [-0.39, 0.29) is 0 Å². The molecule has 25 heavy (non-hydrogen) atoms. The van der Waals surface area contributed by atoms with Crippen LogP contribution in [0.5, 0.6) is 5.75 Å². The van der Waals surface area contributed by atoms with Gasteiger partial charge in [0.1, 0.15) is 5.75 Å². The Bertz CT molecular complexity index is 969. The highest BCUT2D eigenvalue weighted by atomic mass is 32.2. The first-order valence-corrected chi connectivity index (χ1v) is 9.47. The second kappa shape index (κ2) is 6.76. The highest BCUT2D eigenvalue weighted by Crippen LogP contribution is 2.21. The quantitative estimate of drug-likeness (QED) is 0.696. The summed E-state index contributed by atoms with van der Waals surface area (Å²) < 4.78 is 32.1. The van der Waals surface area contributed by atoms with E-state index in [0.29, 0.717) is 11.3 Å². The molecule has 0 spiro atoms. The maximum absolute atomic E-state index is 12.8. The van der Waals surface area contributed by atoms with Crippen LogP contribution in [0.2, 0.25) is 0 Å². The van der Waals surface area contributed by atoms with Crippen LogP contribution in [-0.2, 0) is 16.4 Å². The van der Waals surface area contributed by atoms with Gasteiger partial charge in [0, 0.05) is 12.4 Å². The van der Waals surface area contributed by atoms with Gasteiger partial charge in [0.05, 0.1) is 12.0 Å². The molecule has 1 heterocycles. The third-order valence-electron chi connectivity index (χ3n) is 4.26. The summed E-state index contributed by atoms with van der Waals surface area (Å²) >= 11 is 0. The van der Waals surface area contributed by atoms with E-state index in [2.05, 4.69) is 0 Å². The Kier molecular flexibility index (Phi) is 4.68. The smallest absolute Gasteiger partial charge is 0.267 e. The predicted molar refractivity (Wildman–Crippen MR) is 98.7 cm³/mol. The summed E-state index contributed by atoms with van der Waals surface area (Å²) in [5.74, 6) is 0.806. The average molecular weight is 355 g/mol. The molecule has 130 valence electrons. The minimum Gasteiger partial charge on any atom is -0.497 e. The van der Waals surface area contributed by atoms with Crippen molar-refractivity contribution in [1.82, 2.24) is 3.97 Å².